The monoisotopic (exact) mass is 257 g/mol. The second-order valence-electron chi connectivity index (χ2n) is 5.35. The fourth-order valence-electron chi connectivity index (χ4n) is 3.01. The summed E-state index contributed by atoms with van der Waals surface area (Å²) in [6, 6.07) is 1.97. The maximum atomic E-state index is 12.4. The Morgan fingerprint density at radius 2 is 2.32 bits per heavy atom. The van der Waals surface area contributed by atoms with E-state index in [0.717, 1.165) is 56.5 Å². The topological polar surface area (TPSA) is 46.1 Å². The summed E-state index contributed by atoms with van der Waals surface area (Å²) in [5.41, 5.74) is 2.08. The summed E-state index contributed by atoms with van der Waals surface area (Å²) >= 11 is 0. The van der Waals surface area contributed by atoms with Crippen molar-refractivity contribution in [3.05, 3.63) is 35.9 Å². The van der Waals surface area contributed by atoms with Gasteiger partial charge in [-0.25, -0.2) is 9.97 Å². The zero-order valence-electron chi connectivity index (χ0n) is 11.1. The molecule has 1 atom stereocenters. The van der Waals surface area contributed by atoms with Gasteiger partial charge in [-0.2, -0.15) is 0 Å². The van der Waals surface area contributed by atoms with Crippen LogP contribution in [-0.2, 0) is 4.79 Å². The minimum atomic E-state index is 0.247. The number of carbonyl (C=O) groups is 1. The quantitative estimate of drug-likeness (QED) is 0.816. The van der Waals surface area contributed by atoms with Crippen molar-refractivity contribution in [3.63, 3.8) is 0 Å². The van der Waals surface area contributed by atoms with Crippen LogP contribution in [0.1, 0.15) is 43.7 Å². The molecule has 1 aromatic heterocycles. The van der Waals surface area contributed by atoms with Crippen LogP contribution in [0.5, 0.6) is 0 Å². The number of likely N-dealkylation sites (tertiary alicyclic amines) is 1. The van der Waals surface area contributed by atoms with Crippen LogP contribution in [0.15, 0.2) is 30.2 Å². The first kappa shape index (κ1) is 12.3. The molecule has 3 rings (SSSR count). The number of aromatic nitrogens is 2. The SMILES string of the molecule is O=C(C1=CCCC1)N1CCC[C@@H](c2ccncn2)C1. The summed E-state index contributed by atoms with van der Waals surface area (Å²) in [6.07, 6.45) is 10.8. The predicted octanol–water partition coefficient (Wildman–Crippen LogP) is 2.29. The zero-order chi connectivity index (χ0) is 13.1. The van der Waals surface area contributed by atoms with E-state index in [1.807, 2.05) is 11.0 Å². The number of carbonyl (C=O) groups excluding carboxylic acids is 1. The fraction of sp³-hybridized carbons (Fsp3) is 0.533. The third kappa shape index (κ3) is 2.67. The summed E-state index contributed by atoms with van der Waals surface area (Å²) in [5, 5.41) is 0. The predicted molar refractivity (Wildman–Crippen MR) is 72.5 cm³/mol. The Morgan fingerprint density at radius 3 is 3.05 bits per heavy atom. The van der Waals surface area contributed by atoms with Crippen LogP contribution < -0.4 is 0 Å². The lowest BCUT2D eigenvalue weighted by Crippen LogP contribution is -2.39. The van der Waals surface area contributed by atoms with Crippen LogP contribution in [0, 0.1) is 0 Å². The lowest BCUT2D eigenvalue weighted by Gasteiger charge is -2.32. The maximum Gasteiger partial charge on any atom is 0.249 e. The van der Waals surface area contributed by atoms with E-state index < -0.39 is 0 Å². The molecule has 1 aliphatic carbocycles. The van der Waals surface area contributed by atoms with Gasteiger partial charge in [-0.1, -0.05) is 6.08 Å². The normalized spacial score (nSPS) is 23.3. The van der Waals surface area contributed by atoms with Gasteiger partial charge in [-0.15, -0.1) is 0 Å². The van der Waals surface area contributed by atoms with E-state index in [-0.39, 0.29) is 5.91 Å². The van der Waals surface area contributed by atoms with Crippen molar-refractivity contribution in [2.75, 3.05) is 13.1 Å². The molecular formula is C15H19N3O. The van der Waals surface area contributed by atoms with Gasteiger partial charge in [0.05, 0.1) is 0 Å². The van der Waals surface area contributed by atoms with Gasteiger partial charge >= 0.3 is 0 Å². The van der Waals surface area contributed by atoms with Crippen LogP contribution in [0.4, 0.5) is 0 Å². The molecule has 0 unspecified atom stereocenters. The van der Waals surface area contributed by atoms with E-state index in [1.165, 1.54) is 0 Å². The minimum Gasteiger partial charge on any atom is -0.338 e. The van der Waals surface area contributed by atoms with Crippen LogP contribution >= 0.6 is 0 Å². The van der Waals surface area contributed by atoms with Gasteiger partial charge in [0, 0.05) is 36.5 Å². The second kappa shape index (κ2) is 5.51. The smallest absolute Gasteiger partial charge is 0.249 e. The van der Waals surface area contributed by atoms with Crippen molar-refractivity contribution >= 4 is 5.91 Å². The van der Waals surface area contributed by atoms with Crippen LogP contribution in [0.3, 0.4) is 0 Å². The van der Waals surface area contributed by atoms with Gasteiger partial charge in [-0.05, 0) is 38.2 Å². The molecule has 1 amide bonds. The number of amides is 1. The van der Waals surface area contributed by atoms with Crippen molar-refractivity contribution in [3.8, 4) is 0 Å². The molecule has 2 aliphatic rings. The average molecular weight is 257 g/mol. The van der Waals surface area contributed by atoms with Crippen molar-refractivity contribution in [2.45, 2.75) is 38.0 Å². The molecule has 0 saturated carbocycles. The van der Waals surface area contributed by atoms with Gasteiger partial charge < -0.3 is 4.90 Å². The zero-order valence-corrected chi connectivity index (χ0v) is 11.1. The highest BCUT2D eigenvalue weighted by molar-refractivity contribution is 5.93. The first-order valence-corrected chi connectivity index (χ1v) is 7.09. The second-order valence-corrected chi connectivity index (χ2v) is 5.35. The third-order valence-electron chi connectivity index (χ3n) is 4.05. The molecule has 1 aromatic rings. The van der Waals surface area contributed by atoms with Crippen LogP contribution in [-0.4, -0.2) is 33.9 Å². The number of hydrogen-bond acceptors (Lipinski definition) is 3. The average Bonchev–Trinajstić information content (AvgIpc) is 3.02. The maximum absolute atomic E-state index is 12.4. The molecule has 0 aromatic carbocycles. The van der Waals surface area contributed by atoms with E-state index in [2.05, 4.69) is 16.0 Å². The number of nitrogens with zero attached hydrogens (tertiary/aromatic N) is 3. The first-order valence-electron chi connectivity index (χ1n) is 7.09. The Hall–Kier alpha value is -1.71. The van der Waals surface area contributed by atoms with E-state index in [0.29, 0.717) is 5.92 Å². The molecule has 0 N–H and O–H groups in total. The molecule has 0 bridgehead atoms. The molecule has 0 radical (unpaired) electrons. The number of piperidine rings is 1. The van der Waals surface area contributed by atoms with Gasteiger partial charge in [-0.3, -0.25) is 4.79 Å². The Kier molecular flexibility index (Phi) is 3.58. The molecule has 0 spiro atoms. The van der Waals surface area contributed by atoms with Gasteiger partial charge in [0.25, 0.3) is 0 Å². The summed E-state index contributed by atoms with van der Waals surface area (Å²) in [5.74, 6) is 0.610. The molecular weight excluding hydrogens is 238 g/mol. The highest BCUT2D eigenvalue weighted by Crippen LogP contribution is 2.28. The molecule has 2 heterocycles. The lowest BCUT2D eigenvalue weighted by molar-refractivity contribution is -0.128. The molecule has 1 fully saturated rings. The third-order valence-corrected chi connectivity index (χ3v) is 4.05. The van der Waals surface area contributed by atoms with Crippen LogP contribution in [0.25, 0.3) is 0 Å². The number of allylic oxidation sites excluding steroid dienone is 1. The Balaban J connectivity index is 1.69. The fourth-order valence-corrected chi connectivity index (χ4v) is 3.01. The number of hydrogen-bond donors (Lipinski definition) is 0. The van der Waals surface area contributed by atoms with E-state index in [1.54, 1.807) is 12.5 Å². The standard InChI is InChI=1S/C15H19N3O/c19-15(12-4-1-2-5-12)18-9-3-6-13(10-18)14-7-8-16-11-17-14/h4,7-8,11,13H,1-3,5-6,9-10H2/t13-/m1/s1. The van der Waals surface area contributed by atoms with E-state index >= 15 is 0 Å². The number of rotatable bonds is 2. The van der Waals surface area contributed by atoms with Crippen molar-refractivity contribution in [2.24, 2.45) is 0 Å². The minimum absolute atomic E-state index is 0.247. The molecule has 19 heavy (non-hydrogen) atoms. The van der Waals surface area contributed by atoms with Crippen molar-refractivity contribution < 1.29 is 4.79 Å². The van der Waals surface area contributed by atoms with Gasteiger partial charge in [0.2, 0.25) is 5.91 Å². The molecule has 100 valence electrons. The van der Waals surface area contributed by atoms with Crippen LogP contribution in [0.2, 0.25) is 0 Å². The highest BCUT2D eigenvalue weighted by atomic mass is 16.2. The summed E-state index contributed by atoms with van der Waals surface area (Å²) < 4.78 is 0. The first-order chi connectivity index (χ1) is 9.34. The Labute approximate surface area is 113 Å². The highest BCUT2D eigenvalue weighted by Gasteiger charge is 2.27. The summed E-state index contributed by atoms with van der Waals surface area (Å²) in [6.45, 7) is 1.69. The van der Waals surface area contributed by atoms with E-state index in [4.69, 9.17) is 0 Å². The molecule has 1 saturated heterocycles. The summed E-state index contributed by atoms with van der Waals surface area (Å²) in [7, 11) is 0. The van der Waals surface area contributed by atoms with Crippen molar-refractivity contribution in [1.82, 2.24) is 14.9 Å². The molecule has 4 heteroatoms. The molecule has 4 nitrogen and oxygen atoms in total. The Morgan fingerprint density at radius 1 is 1.37 bits per heavy atom. The molecule has 1 aliphatic heterocycles. The largest absolute Gasteiger partial charge is 0.338 e. The van der Waals surface area contributed by atoms with Crippen molar-refractivity contribution in [1.29, 1.82) is 0 Å². The Bertz CT molecular complexity index is 483. The lowest BCUT2D eigenvalue weighted by atomic mass is 9.94. The van der Waals surface area contributed by atoms with Gasteiger partial charge in [0.15, 0.2) is 0 Å². The summed E-state index contributed by atoms with van der Waals surface area (Å²) in [4.78, 5) is 22.7. The van der Waals surface area contributed by atoms with E-state index in [9.17, 15) is 4.79 Å². The van der Waals surface area contributed by atoms with Gasteiger partial charge in [0.1, 0.15) is 6.33 Å².